The van der Waals surface area contributed by atoms with Gasteiger partial charge in [-0.2, -0.15) is 0 Å². The van der Waals surface area contributed by atoms with Crippen LogP contribution in [0.5, 0.6) is 0 Å². The predicted octanol–water partition coefficient (Wildman–Crippen LogP) is 5.13. The number of hydrogen-bond acceptors (Lipinski definition) is 4. The van der Waals surface area contributed by atoms with E-state index in [9.17, 15) is 9.59 Å². The molecule has 0 aliphatic carbocycles. The summed E-state index contributed by atoms with van der Waals surface area (Å²) in [4.78, 5) is 25.4. The van der Waals surface area contributed by atoms with Gasteiger partial charge in [0.15, 0.2) is 5.76 Å². The van der Waals surface area contributed by atoms with E-state index in [2.05, 4.69) is 22.1 Å². The van der Waals surface area contributed by atoms with Crippen molar-refractivity contribution in [1.29, 1.82) is 0 Å². The molecule has 0 aliphatic heterocycles. The highest BCUT2D eigenvalue weighted by atomic mass is 32.1. The molecule has 6 nitrogen and oxygen atoms in total. The highest BCUT2D eigenvalue weighted by molar-refractivity contribution is 7.18. The fourth-order valence-corrected chi connectivity index (χ4v) is 4.05. The summed E-state index contributed by atoms with van der Waals surface area (Å²) >= 11 is 1.23. The standard InChI is InChI=1S/C21H19N3O3S/c1-3-24-9-8-14-12-15(6-7-16(14)24)22-21(26)19-13(2)11-18(28-19)23-20(25)17-5-4-10-27-17/h4-12H,3H2,1-2H3,(H,22,26)(H,23,25). The third kappa shape index (κ3) is 3.44. The molecule has 2 amide bonds. The molecule has 4 rings (SSSR count). The molecule has 3 aromatic heterocycles. The van der Waals surface area contributed by atoms with Gasteiger partial charge >= 0.3 is 0 Å². The first-order chi connectivity index (χ1) is 13.5. The SMILES string of the molecule is CCn1ccc2cc(NC(=O)c3sc(NC(=O)c4ccco4)cc3C)ccc21. The molecule has 2 N–H and O–H groups in total. The third-order valence-corrected chi connectivity index (χ3v) is 5.63. The summed E-state index contributed by atoms with van der Waals surface area (Å²) < 4.78 is 7.24. The van der Waals surface area contributed by atoms with Crippen molar-refractivity contribution in [2.45, 2.75) is 20.4 Å². The van der Waals surface area contributed by atoms with Gasteiger partial charge in [0.1, 0.15) is 0 Å². The Morgan fingerprint density at radius 1 is 1.11 bits per heavy atom. The first-order valence-corrected chi connectivity index (χ1v) is 9.72. The maximum Gasteiger partial charge on any atom is 0.291 e. The van der Waals surface area contributed by atoms with Crippen LogP contribution >= 0.6 is 11.3 Å². The van der Waals surface area contributed by atoms with E-state index in [1.165, 1.54) is 17.6 Å². The first kappa shape index (κ1) is 18.1. The summed E-state index contributed by atoms with van der Waals surface area (Å²) in [6.07, 6.45) is 3.48. The Morgan fingerprint density at radius 3 is 2.71 bits per heavy atom. The van der Waals surface area contributed by atoms with Crippen molar-refractivity contribution < 1.29 is 14.0 Å². The molecule has 7 heteroatoms. The minimum atomic E-state index is -0.343. The maximum atomic E-state index is 12.7. The number of nitrogens with zero attached hydrogens (tertiary/aromatic N) is 1. The average Bonchev–Trinajstić information content (AvgIpc) is 3.40. The van der Waals surface area contributed by atoms with Gasteiger partial charge in [0.25, 0.3) is 11.8 Å². The van der Waals surface area contributed by atoms with Crippen molar-refractivity contribution in [2.75, 3.05) is 10.6 Å². The van der Waals surface area contributed by atoms with Gasteiger partial charge in [-0.25, -0.2) is 0 Å². The van der Waals surface area contributed by atoms with Crippen molar-refractivity contribution in [3.05, 3.63) is 71.1 Å². The normalized spacial score (nSPS) is 10.9. The summed E-state index contributed by atoms with van der Waals surface area (Å²) in [6, 6.07) is 12.9. The van der Waals surface area contributed by atoms with Gasteiger partial charge in [0, 0.05) is 29.3 Å². The van der Waals surface area contributed by atoms with Gasteiger partial charge in [0.05, 0.1) is 16.1 Å². The molecule has 0 saturated carbocycles. The highest BCUT2D eigenvalue weighted by Gasteiger charge is 2.17. The van der Waals surface area contributed by atoms with E-state index >= 15 is 0 Å². The Hall–Kier alpha value is -3.32. The molecule has 0 atom stereocenters. The van der Waals surface area contributed by atoms with Gasteiger partial charge in [-0.05, 0) is 61.9 Å². The van der Waals surface area contributed by atoms with Gasteiger partial charge in [0.2, 0.25) is 0 Å². The molecular weight excluding hydrogens is 374 g/mol. The molecule has 0 fully saturated rings. The second-order valence-electron chi connectivity index (χ2n) is 6.38. The van der Waals surface area contributed by atoms with E-state index in [0.29, 0.717) is 9.88 Å². The number of amides is 2. The summed E-state index contributed by atoms with van der Waals surface area (Å²) in [5.41, 5.74) is 2.67. The first-order valence-electron chi connectivity index (χ1n) is 8.90. The second kappa shape index (κ2) is 7.36. The van der Waals surface area contributed by atoms with Crippen LogP contribution in [0, 0.1) is 6.92 Å². The topological polar surface area (TPSA) is 76.3 Å². The van der Waals surface area contributed by atoms with Gasteiger partial charge in [-0.3, -0.25) is 9.59 Å². The fourth-order valence-electron chi connectivity index (χ4n) is 3.09. The van der Waals surface area contributed by atoms with Crippen molar-refractivity contribution in [2.24, 2.45) is 0 Å². The minimum absolute atomic E-state index is 0.199. The number of anilines is 2. The lowest BCUT2D eigenvalue weighted by Crippen LogP contribution is -2.11. The highest BCUT2D eigenvalue weighted by Crippen LogP contribution is 2.28. The fraction of sp³-hybridized carbons (Fsp3) is 0.143. The van der Waals surface area contributed by atoms with Crippen LogP contribution in [-0.4, -0.2) is 16.4 Å². The molecule has 0 saturated heterocycles. The van der Waals surface area contributed by atoms with E-state index in [0.717, 1.165) is 28.7 Å². The van der Waals surface area contributed by atoms with Gasteiger partial charge in [-0.1, -0.05) is 0 Å². The smallest absolute Gasteiger partial charge is 0.291 e. The van der Waals surface area contributed by atoms with Gasteiger partial charge in [-0.15, -0.1) is 11.3 Å². The number of hydrogen-bond donors (Lipinski definition) is 2. The molecule has 142 valence electrons. The number of aryl methyl sites for hydroxylation is 2. The monoisotopic (exact) mass is 393 g/mol. The zero-order chi connectivity index (χ0) is 19.7. The van der Waals surface area contributed by atoms with E-state index in [1.54, 1.807) is 18.2 Å². The quantitative estimate of drug-likeness (QED) is 0.494. The molecule has 3 heterocycles. The Labute approximate surface area is 165 Å². The van der Waals surface area contributed by atoms with E-state index in [4.69, 9.17) is 4.42 Å². The van der Waals surface area contributed by atoms with Crippen LogP contribution in [0.1, 0.15) is 32.7 Å². The summed E-state index contributed by atoms with van der Waals surface area (Å²) in [5.74, 6) is -0.316. The zero-order valence-corrected chi connectivity index (χ0v) is 16.3. The molecule has 0 spiro atoms. The average molecular weight is 393 g/mol. The molecule has 0 radical (unpaired) electrons. The zero-order valence-electron chi connectivity index (χ0n) is 15.5. The van der Waals surface area contributed by atoms with E-state index < -0.39 is 0 Å². The largest absolute Gasteiger partial charge is 0.459 e. The van der Waals surface area contributed by atoms with Crippen LogP contribution in [-0.2, 0) is 6.54 Å². The number of rotatable bonds is 5. The van der Waals surface area contributed by atoms with Crippen molar-refractivity contribution in [3.63, 3.8) is 0 Å². The molecular formula is C21H19N3O3S. The molecule has 1 aromatic carbocycles. The van der Waals surface area contributed by atoms with Crippen LogP contribution in [0.4, 0.5) is 10.7 Å². The lowest BCUT2D eigenvalue weighted by molar-refractivity contribution is 0.0995. The summed E-state index contributed by atoms with van der Waals surface area (Å²) in [5, 5.41) is 7.38. The number of thiophene rings is 1. The van der Waals surface area contributed by atoms with Crippen LogP contribution in [0.15, 0.2) is 59.3 Å². The number of furan rings is 1. The second-order valence-corrected chi connectivity index (χ2v) is 7.44. The van der Waals surface area contributed by atoms with Crippen LogP contribution in [0.25, 0.3) is 10.9 Å². The molecule has 0 bridgehead atoms. The van der Waals surface area contributed by atoms with Crippen LogP contribution in [0.3, 0.4) is 0 Å². The number of aromatic nitrogens is 1. The lowest BCUT2D eigenvalue weighted by atomic mass is 10.2. The number of fused-ring (bicyclic) bond motifs is 1. The lowest BCUT2D eigenvalue weighted by Gasteiger charge is -2.06. The number of benzene rings is 1. The van der Waals surface area contributed by atoms with Crippen LogP contribution < -0.4 is 10.6 Å². The maximum absolute atomic E-state index is 12.7. The molecule has 28 heavy (non-hydrogen) atoms. The molecule has 0 aliphatic rings. The van der Waals surface area contributed by atoms with Crippen molar-refractivity contribution in [3.8, 4) is 0 Å². The Kier molecular flexibility index (Phi) is 4.75. The van der Waals surface area contributed by atoms with Crippen molar-refractivity contribution in [1.82, 2.24) is 4.57 Å². The van der Waals surface area contributed by atoms with E-state index in [1.807, 2.05) is 37.4 Å². The number of carbonyl (C=O) groups excluding carboxylic acids is 2. The van der Waals surface area contributed by atoms with Crippen LogP contribution in [0.2, 0.25) is 0 Å². The predicted molar refractivity (Wildman–Crippen MR) is 111 cm³/mol. The summed E-state index contributed by atoms with van der Waals surface area (Å²) in [7, 11) is 0. The molecule has 0 unspecified atom stereocenters. The van der Waals surface area contributed by atoms with E-state index in [-0.39, 0.29) is 17.6 Å². The Morgan fingerprint density at radius 2 is 1.96 bits per heavy atom. The third-order valence-electron chi connectivity index (χ3n) is 4.48. The molecule has 4 aromatic rings. The Bertz CT molecular complexity index is 1160. The minimum Gasteiger partial charge on any atom is -0.459 e. The Balaban J connectivity index is 1.50. The van der Waals surface area contributed by atoms with Crippen molar-refractivity contribution >= 4 is 44.7 Å². The number of nitrogens with one attached hydrogen (secondary N) is 2. The van der Waals surface area contributed by atoms with Gasteiger partial charge < -0.3 is 19.6 Å². The number of carbonyl (C=O) groups is 2. The summed E-state index contributed by atoms with van der Waals surface area (Å²) in [6.45, 7) is 4.84.